The molecule has 0 aliphatic carbocycles. The zero-order valence-corrected chi connectivity index (χ0v) is 19.3. The maximum absolute atomic E-state index is 12.1. The molecule has 1 N–H and O–H groups in total. The number of rotatable bonds is 6. The van der Waals surface area contributed by atoms with Crippen LogP contribution in [-0.2, 0) is 9.59 Å². The second-order valence-electron chi connectivity index (χ2n) is 7.07. The molecule has 2 aromatic carbocycles. The number of amides is 2. The van der Waals surface area contributed by atoms with Crippen LogP contribution in [0.15, 0.2) is 41.5 Å². The van der Waals surface area contributed by atoms with Gasteiger partial charge in [0.05, 0.1) is 0 Å². The predicted molar refractivity (Wildman–Crippen MR) is 122 cm³/mol. The standard InChI is InChI=1S/C22H24ClN3O4S/c1-13-5-6-14(2)20(11-13)30-10-9-29-19-8-7-17(23)12-18(19)21-26(16(4)28)25-22(31-21)24-15(3)27/h5-8,11-12,21H,9-10H2,1-4H3,(H,24,25,27)/t21-/m0/s1. The highest BCUT2D eigenvalue weighted by Crippen LogP contribution is 2.43. The van der Waals surface area contributed by atoms with Gasteiger partial charge in [0.25, 0.3) is 0 Å². The van der Waals surface area contributed by atoms with Gasteiger partial charge in [-0.05, 0) is 49.2 Å². The van der Waals surface area contributed by atoms with E-state index in [9.17, 15) is 9.59 Å². The first-order valence-corrected chi connectivity index (χ1v) is 11.0. The number of nitrogens with one attached hydrogen (secondary N) is 1. The van der Waals surface area contributed by atoms with Crippen molar-refractivity contribution >= 4 is 40.3 Å². The summed E-state index contributed by atoms with van der Waals surface area (Å²) in [6.07, 6.45) is 0. The van der Waals surface area contributed by atoms with Gasteiger partial charge in [-0.1, -0.05) is 35.5 Å². The largest absolute Gasteiger partial charge is 0.490 e. The third kappa shape index (κ3) is 5.92. The normalized spacial score (nSPS) is 15.5. The zero-order chi connectivity index (χ0) is 22.5. The van der Waals surface area contributed by atoms with Crippen molar-refractivity contribution in [3.05, 3.63) is 58.1 Å². The maximum Gasteiger partial charge on any atom is 0.241 e. The van der Waals surface area contributed by atoms with Crippen molar-refractivity contribution in [3.63, 3.8) is 0 Å². The lowest BCUT2D eigenvalue weighted by molar-refractivity contribution is -0.129. The first kappa shape index (κ1) is 23.0. The Morgan fingerprint density at radius 1 is 1.10 bits per heavy atom. The number of hydrogen-bond acceptors (Lipinski definition) is 6. The highest BCUT2D eigenvalue weighted by molar-refractivity contribution is 8.14. The zero-order valence-electron chi connectivity index (χ0n) is 17.8. The molecule has 2 aromatic rings. The summed E-state index contributed by atoms with van der Waals surface area (Å²) in [6, 6.07) is 11.3. The van der Waals surface area contributed by atoms with Crippen LogP contribution >= 0.6 is 23.4 Å². The monoisotopic (exact) mass is 461 g/mol. The summed E-state index contributed by atoms with van der Waals surface area (Å²) in [4.78, 5) is 23.5. The van der Waals surface area contributed by atoms with Crippen molar-refractivity contribution in [2.45, 2.75) is 33.1 Å². The van der Waals surface area contributed by atoms with Gasteiger partial charge in [-0.25, -0.2) is 5.01 Å². The average molecular weight is 462 g/mol. The number of carbonyl (C=O) groups is 2. The molecule has 1 aliphatic heterocycles. The Morgan fingerprint density at radius 3 is 2.48 bits per heavy atom. The van der Waals surface area contributed by atoms with Crippen LogP contribution in [0, 0.1) is 13.8 Å². The number of amidine groups is 1. The molecule has 1 aliphatic rings. The van der Waals surface area contributed by atoms with E-state index in [4.69, 9.17) is 21.1 Å². The summed E-state index contributed by atoms with van der Waals surface area (Å²) in [5.41, 5.74) is 2.86. The minimum atomic E-state index is -0.506. The Balaban J connectivity index is 1.72. The fourth-order valence-electron chi connectivity index (χ4n) is 2.98. The van der Waals surface area contributed by atoms with E-state index in [2.05, 4.69) is 10.4 Å². The SMILES string of the molecule is CC(=O)NC1=NN(C(C)=O)[C@H](c2cc(Cl)ccc2OCCOc2cc(C)ccc2C)S1. The lowest BCUT2D eigenvalue weighted by atomic mass is 10.1. The van der Waals surface area contributed by atoms with Crippen molar-refractivity contribution in [2.24, 2.45) is 5.10 Å². The number of aryl methyl sites for hydroxylation is 2. The molecule has 0 bridgehead atoms. The van der Waals surface area contributed by atoms with Crippen LogP contribution in [0.3, 0.4) is 0 Å². The molecule has 7 nitrogen and oxygen atoms in total. The number of halogens is 1. The molecule has 0 unspecified atom stereocenters. The maximum atomic E-state index is 12.1. The molecule has 0 aromatic heterocycles. The topological polar surface area (TPSA) is 80.2 Å². The Labute approximate surface area is 190 Å². The third-order valence-electron chi connectivity index (χ3n) is 4.43. The van der Waals surface area contributed by atoms with Gasteiger partial charge in [0, 0.05) is 24.4 Å². The van der Waals surface area contributed by atoms with E-state index in [0.29, 0.717) is 34.7 Å². The number of thioether (sulfide) groups is 1. The summed E-state index contributed by atoms with van der Waals surface area (Å²) in [5.74, 6) is 0.864. The summed E-state index contributed by atoms with van der Waals surface area (Å²) < 4.78 is 11.8. The lowest BCUT2D eigenvalue weighted by Crippen LogP contribution is -2.25. The predicted octanol–water partition coefficient (Wildman–Crippen LogP) is 4.42. The Morgan fingerprint density at radius 2 is 1.81 bits per heavy atom. The van der Waals surface area contributed by atoms with Gasteiger partial charge in [0.1, 0.15) is 30.1 Å². The Hall–Kier alpha value is -2.71. The van der Waals surface area contributed by atoms with Gasteiger partial charge in [-0.3, -0.25) is 9.59 Å². The molecule has 31 heavy (non-hydrogen) atoms. The molecular formula is C22H24ClN3O4S. The van der Waals surface area contributed by atoms with Gasteiger partial charge in [-0.15, -0.1) is 5.10 Å². The van der Waals surface area contributed by atoms with Gasteiger partial charge in [0.2, 0.25) is 11.8 Å². The van der Waals surface area contributed by atoms with E-state index in [1.165, 1.54) is 30.6 Å². The minimum Gasteiger partial charge on any atom is -0.490 e. The second kappa shape index (κ2) is 10.1. The van der Waals surface area contributed by atoms with Crippen LogP contribution in [0.1, 0.15) is 35.9 Å². The fourth-order valence-corrected chi connectivity index (χ4v) is 4.31. The number of benzene rings is 2. The van der Waals surface area contributed by atoms with Crippen LogP contribution in [0.4, 0.5) is 0 Å². The van der Waals surface area contributed by atoms with Gasteiger partial charge < -0.3 is 14.8 Å². The number of hydrogen-bond donors (Lipinski definition) is 1. The minimum absolute atomic E-state index is 0.262. The van der Waals surface area contributed by atoms with Crippen molar-refractivity contribution in [2.75, 3.05) is 13.2 Å². The summed E-state index contributed by atoms with van der Waals surface area (Å²) in [6.45, 7) is 7.47. The van der Waals surface area contributed by atoms with Gasteiger partial charge in [0.15, 0.2) is 5.17 Å². The van der Waals surface area contributed by atoms with E-state index in [1.807, 2.05) is 32.0 Å². The Kier molecular flexibility index (Phi) is 7.46. The van der Waals surface area contributed by atoms with Gasteiger partial charge >= 0.3 is 0 Å². The second-order valence-corrected chi connectivity index (χ2v) is 8.57. The molecule has 0 saturated carbocycles. The highest BCUT2D eigenvalue weighted by atomic mass is 35.5. The fraction of sp³-hybridized carbons (Fsp3) is 0.318. The van der Waals surface area contributed by atoms with Crippen molar-refractivity contribution in [3.8, 4) is 11.5 Å². The van der Waals surface area contributed by atoms with Crippen LogP contribution in [-0.4, -0.2) is 35.2 Å². The Bertz CT molecular complexity index is 1030. The highest BCUT2D eigenvalue weighted by Gasteiger charge is 2.34. The summed E-state index contributed by atoms with van der Waals surface area (Å²) in [7, 11) is 0. The number of ether oxygens (including phenoxy) is 2. The molecule has 2 amide bonds. The molecule has 0 saturated heterocycles. The molecule has 3 rings (SSSR count). The lowest BCUT2D eigenvalue weighted by Gasteiger charge is -2.22. The van der Waals surface area contributed by atoms with E-state index in [1.54, 1.807) is 18.2 Å². The van der Waals surface area contributed by atoms with Crippen molar-refractivity contribution in [1.29, 1.82) is 0 Å². The molecule has 0 spiro atoms. The van der Waals surface area contributed by atoms with Crippen LogP contribution in [0.5, 0.6) is 11.5 Å². The van der Waals surface area contributed by atoms with Crippen LogP contribution in [0.25, 0.3) is 0 Å². The number of carbonyl (C=O) groups excluding carboxylic acids is 2. The van der Waals surface area contributed by atoms with Gasteiger partial charge in [-0.2, -0.15) is 0 Å². The quantitative estimate of drug-likeness (QED) is 0.644. The molecular weight excluding hydrogens is 438 g/mol. The summed E-state index contributed by atoms with van der Waals surface area (Å²) >= 11 is 7.46. The molecule has 164 valence electrons. The van der Waals surface area contributed by atoms with Crippen molar-refractivity contribution in [1.82, 2.24) is 10.3 Å². The molecule has 0 fully saturated rings. The molecule has 1 atom stereocenters. The van der Waals surface area contributed by atoms with Crippen LogP contribution < -0.4 is 14.8 Å². The molecule has 9 heteroatoms. The molecule has 1 heterocycles. The van der Waals surface area contributed by atoms with Crippen LogP contribution in [0.2, 0.25) is 5.02 Å². The summed E-state index contributed by atoms with van der Waals surface area (Å²) in [5, 5.41) is 8.50. The van der Waals surface area contributed by atoms with E-state index in [0.717, 1.165) is 16.9 Å². The van der Waals surface area contributed by atoms with E-state index in [-0.39, 0.29) is 11.8 Å². The number of nitrogens with zero attached hydrogens (tertiary/aromatic N) is 2. The smallest absolute Gasteiger partial charge is 0.241 e. The first-order valence-electron chi connectivity index (χ1n) is 9.69. The molecule has 0 radical (unpaired) electrons. The number of hydrazone groups is 1. The third-order valence-corrected chi connectivity index (χ3v) is 5.75. The van der Waals surface area contributed by atoms with E-state index < -0.39 is 5.37 Å². The van der Waals surface area contributed by atoms with E-state index >= 15 is 0 Å². The van der Waals surface area contributed by atoms with Crippen molar-refractivity contribution < 1.29 is 19.1 Å². The average Bonchev–Trinajstić information content (AvgIpc) is 3.12. The first-order chi connectivity index (χ1) is 14.7.